The molecule has 1 atom stereocenters. The molecule has 0 aromatic carbocycles. The fraction of sp³-hybridized carbons (Fsp3) is 0.833. The van der Waals surface area contributed by atoms with Crippen LogP contribution in [0.2, 0.25) is 0 Å². The molecule has 0 bridgehead atoms. The van der Waals surface area contributed by atoms with Crippen molar-refractivity contribution < 1.29 is 18.3 Å². The number of carbonyl (C=O) groups is 1. The lowest BCUT2D eigenvalue weighted by molar-refractivity contribution is -0.136. The van der Waals surface area contributed by atoms with E-state index < -0.39 is 21.1 Å². The lowest BCUT2D eigenvalue weighted by atomic mass is 10.5. The Bertz CT molecular complexity index is 262. The number of rotatable bonds is 3. The molecule has 1 unspecified atom stereocenters. The minimum absolute atomic E-state index is 0.381. The van der Waals surface area contributed by atoms with Gasteiger partial charge in [-0.05, 0) is 19.8 Å². The lowest BCUT2D eigenvalue weighted by Gasteiger charge is -2.05. The van der Waals surface area contributed by atoms with Crippen LogP contribution >= 0.6 is 0 Å². The van der Waals surface area contributed by atoms with Crippen LogP contribution in [0.25, 0.3) is 0 Å². The van der Waals surface area contributed by atoms with Crippen LogP contribution in [-0.4, -0.2) is 30.0 Å². The van der Waals surface area contributed by atoms with Crippen molar-refractivity contribution >= 4 is 15.8 Å². The topological polar surface area (TPSA) is 71.4 Å². The number of carboxylic acids is 1. The molecule has 1 fully saturated rings. The van der Waals surface area contributed by atoms with Gasteiger partial charge in [-0.2, -0.15) is 0 Å². The summed E-state index contributed by atoms with van der Waals surface area (Å²) in [5.74, 6) is -1.25. The smallest absolute Gasteiger partial charge is 0.321 e. The molecular formula is C6H10O4S. The fourth-order valence-corrected chi connectivity index (χ4v) is 2.48. The van der Waals surface area contributed by atoms with Crippen LogP contribution in [0.4, 0.5) is 0 Å². The van der Waals surface area contributed by atoms with E-state index in [4.69, 9.17) is 5.11 Å². The highest BCUT2D eigenvalue weighted by molar-refractivity contribution is 7.93. The summed E-state index contributed by atoms with van der Waals surface area (Å²) in [5, 5.41) is 6.79. The largest absolute Gasteiger partial charge is 0.480 e. The van der Waals surface area contributed by atoms with Crippen LogP contribution < -0.4 is 0 Å². The van der Waals surface area contributed by atoms with Crippen molar-refractivity contribution in [1.82, 2.24) is 0 Å². The monoisotopic (exact) mass is 178 g/mol. The van der Waals surface area contributed by atoms with E-state index in [1.807, 2.05) is 0 Å². The highest BCUT2D eigenvalue weighted by Crippen LogP contribution is 2.31. The van der Waals surface area contributed by atoms with E-state index in [2.05, 4.69) is 0 Å². The molecule has 64 valence electrons. The van der Waals surface area contributed by atoms with Gasteiger partial charge in [0.1, 0.15) is 0 Å². The SMILES string of the molecule is CC(C(=O)O)S(=O)(=O)C1CC1. The minimum Gasteiger partial charge on any atom is -0.480 e. The van der Waals surface area contributed by atoms with Crippen LogP contribution in [0, 0.1) is 0 Å². The molecule has 1 rings (SSSR count). The summed E-state index contributed by atoms with van der Waals surface area (Å²) in [6, 6.07) is 0. The van der Waals surface area contributed by atoms with E-state index in [0.29, 0.717) is 12.8 Å². The summed E-state index contributed by atoms with van der Waals surface area (Å²) >= 11 is 0. The Hall–Kier alpha value is -0.580. The van der Waals surface area contributed by atoms with Crippen LogP contribution in [0.3, 0.4) is 0 Å². The zero-order valence-electron chi connectivity index (χ0n) is 6.15. The zero-order valence-corrected chi connectivity index (χ0v) is 6.97. The minimum atomic E-state index is -3.36. The lowest BCUT2D eigenvalue weighted by Crippen LogP contribution is -2.29. The van der Waals surface area contributed by atoms with Crippen molar-refractivity contribution in [2.75, 3.05) is 0 Å². The summed E-state index contributed by atoms with van der Waals surface area (Å²) in [7, 11) is -3.36. The van der Waals surface area contributed by atoms with E-state index >= 15 is 0 Å². The third kappa shape index (κ3) is 1.53. The Morgan fingerprint density at radius 2 is 2.00 bits per heavy atom. The van der Waals surface area contributed by atoms with E-state index in [1.54, 1.807) is 0 Å². The van der Waals surface area contributed by atoms with Crippen molar-refractivity contribution in [2.24, 2.45) is 0 Å². The van der Waals surface area contributed by atoms with Gasteiger partial charge in [0.2, 0.25) is 0 Å². The Labute approximate surface area is 65.1 Å². The Morgan fingerprint density at radius 1 is 1.55 bits per heavy atom. The maximum Gasteiger partial charge on any atom is 0.321 e. The zero-order chi connectivity index (χ0) is 8.65. The van der Waals surface area contributed by atoms with E-state index in [9.17, 15) is 13.2 Å². The highest BCUT2D eigenvalue weighted by Gasteiger charge is 2.42. The van der Waals surface area contributed by atoms with Crippen molar-refractivity contribution in [1.29, 1.82) is 0 Å². The quantitative estimate of drug-likeness (QED) is 0.662. The van der Waals surface area contributed by atoms with Gasteiger partial charge >= 0.3 is 5.97 Å². The number of carboxylic acid groups (broad SMARTS) is 1. The van der Waals surface area contributed by atoms with E-state index in [-0.39, 0.29) is 5.25 Å². The van der Waals surface area contributed by atoms with E-state index in [0.717, 1.165) is 0 Å². The van der Waals surface area contributed by atoms with Gasteiger partial charge in [0.25, 0.3) is 0 Å². The Kier molecular flexibility index (Phi) is 1.92. The second-order valence-electron chi connectivity index (χ2n) is 2.77. The number of sulfone groups is 1. The van der Waals surface area contributed by atoms with Crippen molar-refractivity contribution in [3.05, 3.63) is 0 Å². The van der Waals surface area contributed by atoms with E-state index in [1.165, 1.54) is 6.92 Å². The van der Waals surface area contributed by atoms with Crippen molar-refractivity contribution in [3.8, 4) is 0 Å². The molecule has 1 saturated carbocycles. The van der Waals surface area contributed by atoms with Gasteiger partial charge in [0.05, 0.1) is 5.25 Å². The molecule has 5 heteroatoms. The second kappa shape index (κ2) is 2.48. The summed E-state index contributed by atoms with van der Waals surface area (Å²) in [6.45, 7) is 1.22. The molecule has 1 aliphatic rings. The molecule has 0 amide bonds. The van der Waals surface area contributed by atoms with Crippen LogP contribution in [0.15, 0.2) is 0 Å². The normalized spacial score (nSPS) is 21.2. The molecule has 4 nitrogen and oxygen atoms in total. The first-order valence-corrected chi connectivity index (χ1v) is 5.02. The summed E-state index contributed by atoms with van der Waals surface area (Å²) in [5.41, 5.74) is 0. The van der Waals surface area contributed by atoms with Gasteiger partial charge in [-0.25, -0.2) is 8.42 Å². The van der Waals surface area contributed by atoms with Gasteiger partial charge < -0.3 is 5.11 Å². The predicted molar refractivity (Wildman–Crippen MR) is 39.0 cm³/mol. The third-order valence-electron chi connectivity index (χ3n) is 1.83. The molecule has 0 aromatic heterocycles. The first kappa shape index (κ1) is 8.52. The summed E-state index contributed by atoms with van der Waals surface area (Å²) < 4.78 is 22.3. The molecule has 0 spiro atoms. The molecule has 0 aromatic rings. The van der Waals surface area contributed by atoms with Gasteiger partial charge in [-0.15, -0.1) is 0 Å². The summed E-state index contributed by atoms with van der Waals surface area (Å²) in [4.78, 5) is 10.3. The van der Waals surface area contributed by atoms with Crippen LogP contribution in [-0.2, 0) is 14.6 Å². The second-order valence-corrected chi connectivity index (χ2v) is 5.32. The number of hydrogen-bond acceptors (Lipinski definition) is 3. The third-order valence-corrected chi connectivity index (χ3v) is 4.42. The van der Waals surface area contributed by atoms with Gasteiger partial charge in [-0.3, -0.25) is 4.79 Å². The van der Waals surface area contributed by atoms with Gasteiger partial charge in [0, 0.05) is 0 Å². The molecule has 11 heavy (non-hydrogen) atoms. The molecular weight excluding hydrogens is 168 g/mol. The van der Waals surface area contributed by atoms with Crippen molar-refractivity contribution in [2.45, 2.75) is 30.3 Å². The highest BCUT2D eigenvalue weighted by atomic mass is 32.2. The molecule has 1 aliphatic carbocycles. The standard InChI is InChI=1S/C6H10O4S/c1-4(6(7)8)11(9,10)5-2-3-5/h4-5H,2-3H2,1H3,(H,7,8). The molecule has 0 saturated heterocycles. The van der Waals surface area contributed by atoms with Crippen LogP contribution in [0.1, 0.15) is 19.8 Å². The van der Waals surface area contributed by atoms with Gasteiger partial charge in [0.15, 0.2) is 15.1 Å². The Morgan fingerprint density at radius 3 is 2.27 bits per heavy atom. The summed E-state index contributed by atoms with van der Waals surface area (Å²) in [6.07, 6.45) is 1.25. The molecule has 0 heterocycles. The maximum atomic E-state index is 11.2. The molecule has 1 N–H and O–H groups in total. The number of aliphatic carboxylic acids is 1. The molecule has 0 radical (unpaired) electrons. The maximum absolute atomic E-state index is 11.2. The fourth-order valence-electron chi connectivity index (χ4n) is 0.826. The average molecular weight is 178 g/mol. The predicted octanol–water partition coefficient (Wildman–Crippen LogP) is 0.0367. The van der Waals surface area contributed by atoms with Crippen LogP contribution in [0.5, 0.6) is 0 Å². The Balaban J connectivity index is 2.79. The average Bonchev–Trinajstić information content (AvgIpc) is 2.66. The first-order chi connectivity index (χ1) is 4.96. The molecule has 0 aliphatic heterocycles. The van der Waals surface area contributed by atoms with Crippen molar-refractivity contribution in [3.63, 3.8) is 0 Å². The van der Waals surface area contributed by atoms with Gasteiger partial charge in [-0.1, -0.05) is 0 Å². The number of hydrogen-bond donors (Lipinski definition) is 1. The first-order valence-electron chi connectivity index (χ1n) is 3.41.